The van der Waals surface area contributed by atoms with E-state index in [2.05, 4.69) is 17.7 Å². The second-order valence-electron chi connectivity index (χ2n) is 3.63. The molecule has 1 saturated carbocycles. The van der Waals surface area contributed by atoms with Gasteiger partial charge in [-0.3, -0.25) is 4.68 Å². The van der Waals surface area contributed by atoms with Crippen LogP contribution >= 0.6 is 0 Å². The molecule has 2 heteroatoms. The molecular weight excluding hydrogens is 148 g/mol. The lowest BCUT2D eigenvalue weighted by Crippen LogP contribution is -1.95. The van der Waals surface area contributed by atoms with Crippen LogP contribution in [0.25, 0.3) is 5.57 Å². The van der Waals surface area contributed by atoms with E-state index in [9.17, 15) is 0 Å². The van der Waals surface area contributed by atoms with Crippen molar-refractivity contribution in [1.82, 2.24) is 9.78 Å². The SMILES string of the molecule is C=C(C)c1cc(C2CC2)n(C)n1. The minimum absolute atomic E-state index is 0.774. The van der Waals surface area contributed by atoms with Crippen molar-refractivity contribution in [3.05, 3.63) is 24.0 Å². The van der Waals surface area contributed by atoms with Gasteiger partial charge in [-0.25, -0.2) is 0 Å². The molecule has 0 N–H and O–H groups in total. The van der Waals surface area contributed by atoms with Gasteiger partial charge in [0.05, 0.1) is 5.69 Å². The largest absolute Gasteiger partial charge is 0.272 e. The number of hydrogen-bond acceptors (Lipinski definition) is 1. The van der Waals surface area contributed by atoms with E-state index in [1.54, 1.807) is 0 Å². The lowest BCUT2D eigenvalue weighted by atomic mass is 10.2. The smallest absolute Gasteiger partial charge is 0.0877 e. The Morgan fingerprint density at radius 1 is 1.67 bits per heavy atom. The average molecular weight is 162 g/mol. The molecule has 64 valence electrons. The molecule has 1 aliphatic carbocycles. The van der Waals surface area contributed by atoms with Crippen LogP contribution in [0.15, 0.2) is 12.6 Å². The van der Waals surface area contributed by atoms with Crippen molar-refractivity contribution in [2.45, 2.75) is 25.7 Å². The van der Waals surface area contributed by atoms with Crippen LogP contribution < -0.4 is 0 Å². The molecule has 1 fully saturated rings. The van der Waals surface area contributed by atoms with E-state index in [0.717, 1.165) is 17.2 Å². The van der Waals surface area contributed by atoms with Gasteiger partial charge in [-0.05, 0) is 31.4 Å². The van der Waals surface area contributed by atoms with E-state index in [0.29, 0.717) is 0 Å². The van der Waals surface area contributed by atoms with Gasteiger partial charge in [0.15, 0.2) is 0 Å². The van der Waals surface area contributed by atoms with Crippen LogP contribution in [0.2, 0.25) is 0 Å². The van der Waals surface area contributed by atoms with Crippen molar-refractivity contribution in [3.63, 3.8) is 0 Å². The second kappa shape index (κ2) is 2.47. The van der Waals surface area contributed by atoms with Gasteiger partial charge < -0.3 is 0 Å². The summed E-state index contributed by atoms with van der Waals surface area (Å²) in [5.41, 5.74) is 3.46. The minimum atomic E-state index is 0.774. The van der Waals surface area contributed by atoms with E-state index >= 15 is 0 Å². The fourth-order valence-electron chi connectivity index (χ4n) is 1.45. The molecule has 2 rings (SSSR count). The molecule has 12 heavy (non-hydrogen) atoms. The zero-order chi connectivity index (χ0) is 8.72. The summed E-state index contributed by atoms with van der Waals surface area (Å²) in [6.45, 7) is 5.88. The minimum Gasteiger partial charge on any atom is -0.272 e. The number of rotatable bonds is 2. The second-order valence-corrected chi connectivity index (χ2v) is 3.63. The number of hydrogen-bond donors (Lipinski definition) is 0. The average Bonchev–Trinajstić information content (AvgIpc) is 2.75. The van der Waals surface area contributed by atoms with Gasteiger partial charge in [0.2, 0.25) is 0 Å². The van der Waals surface area contributed by atoms with E-state index in [1.807, 2.05) is 18.7 Å². The molecule has 0 bridgehead atoms. The Balaban J connectivity index is 2.36. The number of nitrogens with zero attached hydrogens (tertiary/aromatic N) is 2. The van der Waals surface area contributed by atoms with Gasteiger partial charge in [0.25, 0.3) is 0 Å². The predicted octanol–water partition coefficient (Wildman–Crippen LogP) is 2.33. The number of aryl methyl sites for hydroxylation is 1. The molecule has 0 atom stereocenters. The molecule has 1 aliphatic rings. The van der Waals surface area contributed by atoms with Crippen LogP contribution in [0, 0.1) is 0 Å². The molecule has 0 aromatic carbocycles. The summed E-state index contributed by atoms with van der Waals surface area (Å²) in [5, 5.41) is 4.39. The summed E-state index contributed by atoms with van der Waals surface area (Å²) in [7, 11) is 2.01. The fraction of sp³-hybridized carbons (Fsp3) is 0.500. The molecule has 0 unspecified atom stereocenters. The summed E-state index contributed by atoms with van der Waals surface area (Å²) < 4.78 is 1.99. The predicted molar refractivity (Wildman–Crippen MR) is 49.9 cm³/mol. The Hall–Kier alpha value is -1.05. The van der Waals surface area contributed by atoms with Gasteiger partial charge in [0, 0.05) is 18.7 Å². The number of aromatic nitrogens is 2. The van der Waals surface area contributed by atoms with Crippen molar-refractivity contribution < 1.29 is 0 Å². The highest BCUT2D eigenvalue weighted by atomic mass is 15.3. The molecule has 2 nitrogen and oxygen atoms in total. The molecule has 0 saturated heterocycles. The normalized spacial score (nSPS) is 16.5. The first-order chi connectivity index (χ1) is 5.68. The van der Waals surface area contributed by atoms with Crippen LogP contribution in [-0.2, 0) is 7.05 Å². The maximum atomic E-state index is 4.39. The van der Waals surface area contributed by atoms with Crippen molar-refractivity contribution >= 4 is 5.57 Å². The first-order valence-corrected chi connectivity index (χ1v) is 4.38. The Bertz CT molecular complexity index is 319. The summed E-state index contributed by atoms with van der Waals surface area (Å²) in [5.74, 6) is 0.774. The molecule has 0 aliphatic heterocycles. The molecule has 0 spiro atoms. The summed E-state index contributed by atoms with van der Waals surface area (Å²) >= 11 is 0. The lowest BCUT2D eigenvalue weighted by Gasteiger charge is -1.95. The Labute approximate surface area is 72.9 Å². The van der Waals surface area contributed by atoms with Crippen LogP contribution in [-0.4, -0.2) is 9.78 Å². The van der Waals surface area contributed by atoms with Crippen LogP contribution in [0.1, 0.15) is 37.1 Å². The third kappa shape index (κ3) is 1.17. The van der Waals surface area contributed by atoms with E-state index in [1.165, 1.54) is 18.5 Å². The topological polar surface area (TPSA) is 17.8 Å². The van der Waals surface area contributed by atoms with Crippen LogP contribution in [0.3, 0.4) is 0 Å². The van der Waals surface area contributed by atoms with E-state index in [4.69, 9.17) is 0 Å². The summed E-state index contributed by atoms with van der Waals surface area (Å²) in [6.07, 6.45) is 2.66. The van der Waals surface area contributed by atoms with E-state index in [-0.39, 0.29) is 0 Å². The maximum Gasteiger partial charge on any atom is 0.0877 e. The van der Waals surface area contributed by atoms with Crippen molar-refractivity contribution in [2.75, 3.05) is 0 Å². The van der Waals surface area contributed by atoms with Crippen LogP contribution in [0.5, 0.6) is 0 Å². The van der Waals surface area contributed by atoms with E-state index < -0.39 is 0 Å². The van der Waals surface area contributed by atoms with Gasteiger partial charge >= 0.3 is 0 Å². The highest BCUT2D eigenvalue weighted by molar-refractivity contribution is 5.58. The lowest BCUT2D eigenvalue weighted by molar-refractivity contribution is 0.711. The first-order valence-electron chi connectivity index (χ1n) is 4.38. The molecule has 0 amide bonds. The number of allylic oxidation sites excluding steroid dienone is 1. The molecule has 1 aromatic heterocycles. The van der Waals surface area contributed by atoms with Gasteiger partial charge in [-0.1, -0.05) is 6.58 Å². The highest BCUT2D eigenvalue weighted by Gasteiger charge is 2.27. The fourth-order valence-corrected chi connectivity index (χ4v) is 1.45. The summed E-state index contributed by atoms with van der Waals surface area (Å²) in [6, 6.07) is 2.17. The quantitative estimate of drug-likeness (QED) is 0.652. The monoisotopic (exact) mass is 162 g/mol. The van der Waals surface area contributed by atoms with Crippen molar-refractivity contribution in [2.24, 2.45) is 7.05 Å². The third-order valence-electron chi connectivity index (χ3n) is 2.35. The molecule has 1 aromatic rings. The van der Waals surface area contributed by atoms with Crippen LogP contribution in [0.4, 0.5) is 0 Å². The Morgan fingerprint density at radius 2 is 2.33 bits per heavy atom. The maximum absolute atomic E-state index is 4.39. The van der Waals surface area contributed by atoms with Gasteiger partial charge in [-0.2, -0.15) is 5.10 Å². The highest BCUT2D eigenvalue weighted by Crippen LogP contribution is 2.40. The standard InChI is InChI=1S/C10H14N2/c1-7(2)9-6-10(8-4-5-8)12(3)11-9/h6,8H,1,4-5H2,2-3H3. The molecule has 1 heterocycles. The first kappa shape index (κ1) is 7.59. The van der Waals surface area contributed by atoms with Crippen molar-refractivity contribution in [3.8, 4) is 0 Å². The van der Waals surface area contributed by atoms with Gasteiger partial charge in [0.1, 0.15) is 0 Å². The zero-order valence-corrected chi connectivity index (χ0v) is 7.67. The molecule has 0 radical (unpaired) electrons. The Morgan fingerprint density at radius 3 is 2.75 bits per heavy atom. The molecular formula is C10H14N2. The van der Waals surface area contributed by atoms with Crippen molar-refractivity contribution in [1.29, 1.82) is 0 Å². The summed E-state index contributed by atoms with van der Waals surface area (Å²) in [4.78, 5) is 0. The zero-order valence-electron chi connectivity index (χ0n) is 7.67. The third-order valence-corrected chi connectivity index (χ3v) is 2.35. The van der Waals surface area contributed by atoms with Gasteiger partial charge in [-0.15, -0.1) is 0 Å². The Kier molecular flexibility index (Phi) is 1.56.